The molecule has 0 bridgehead atoms. The number of carbonyl (C=O) groups excluding carboxylic acids is 1. The predicted octanol–water partition coefficient (Wildman–Crippen LogP) is 2.75. The average Bonchev–Trinajstić information content (AvgIpc) is 3.35. The third kappa shape index (κ3) is 2.86. The van der Waals surface area contributed by atoms with E-state index < -0.39 is 0 Å². The molecule has 2 aromatic heterocycles. The maximum Gasteiger partial charge on any atom is 0.167 e. The Morgan fingerprint density at radius 3 is 2.90 bits per heavy atom. The van der Waals surface area contributed by atoms with Crippen molar-refractivity contribution in [2.24, 2.45) is 5.92 Å². The van der Waals surface area contributed by atoms with Crippen LogP contribution in [0.3, 0.4) is 0 Å². The van der Waals surface area contributed by atoms with Gasteiger partial charge in [-0.05, 0) is 68.2 Å². The zero-order valence-electron chi connectivity index (χ0n) is 17.4. The molecule has 6 heteroatoms. The van der Waals surface area contributed by atoms with Gasteiger partial charge in [0.15, 0.2) is 11.4 Å². The van der Waals surface area contributed by atoms with Crippen LogP contribution in [0, 0.1) is 19.8 Å². The largest absolute Gasteiger partial charge is 0.369 e. The quantitative estimate of drug-likeness (QED) is 0.841. The zero-order chi connectivity index (χ0) is 20.5. The van der Waals surface area contributed by atoms with Crippen molar-refractivity contribution in [1.29, 1.82) is 0 Å². The van der Waals surface area contributed by atoms with E-state index in [0.29, 0.717) is 5.54 Å². The molecule has 2 fully saturated rings. The molecule has 1 saturated carbocycles. The predicted molar refractivity (Wildman–Crippen MR) is 116 cm³/mol. The van der Waals surface area contributed by atoms with Gasteiger partial charge < -0.3 is 10.2 Å². The summed E-state index contributed by atoms with van der Waals surface area (Å²) in [6.07, 6.45) is 14.7. The highest BCUT2D eigenvalue weighted by Crippen LogP contribution is 2.40. The molecule has 30 heavy (non-hydrogen) atoms. The molecule has 1 unspecified atom stereocenters. The van der Waals surface area contributed by atoms with E-state index in [9.17, 15) is 4.79 Å². The topological polar surface area (TPSA) is 62.5 Å². The van der Waals surface area contributed by atoms with Gasteiger partial charge in [0, 0.05) is 36.4 Å². The number of aryl methyl sites for hydroxylation is 2. The Labute approximate surface area is 175 Å². The lowest BCUT2D eigenvalue weighted by atomic mass is 9.83. The van der Waals surface area contributed by atoms with Crippen LogP contribution in [0.25, 0.3) is 11.2 Å². The van der Waals surface area contributed by atoms with Gasteiger partial charge >= 0.3 is 0 Å². The number of nitrogens with one attached hydrogen (secondary N) is 1. The molecular formula is C24H25N5O. The first kappa shape index (κ1) is 17.8. The fraction of sp³-hybridized carbons (Fsp3) is 0.375. The number of rotatable bonds is 2. The summed E-state index contributed by atoms with van der Waals surface area (Å²) >= 11 is 0. The molecule has 2 aromatic rings. The van der Waals surface area contributed by atoms with Gasteiger partial charge in [-0.3, -0.25) is 4.79 Å². The number of aromatic nitrogens is 3. The molecular weight excluding hydrogens is 374 g/mol. The van der Waals surface area contributed by atoms with Crippen molar-refractivity contribution in [2.45, 2.75) is 32.2 Å². The minimum absolute atomic E-state index is 0.127. The summed E-state index contributed by atoms with van der Waals surface area (Å²) in [5.41, 5.74) is 7.05. The summed E-state index contributed by atoms with van der Waals surface area (Å²) in [5, 5.41) is 8.35. The van der Waals surface area contributed by atoms with Crippen LogP contribution in [-0.2, 0) is 4.79 Å². The van der Waals surface area contributed by atoms with Crippen LogP contribution >= 0.6 is 0 Å². The lowest BCUT2D eigenvalue weighted by molar-refractivity contribution is -0.116. The lowest BCUT2D eigenvalue weighted by Crippen LogP contribution is -2.51. The van der Waals surface area contributed by atoms with E-state index >= 15 is 0 Å². The van der Waals surface area contributed by atoms with E-state index in [2.05, 4.69) is 39.5 Å². The second kappa shape index (κ2) is 6.25. The average molecular weight is 399 g/mol. The fourth-order valence-electron chi connectivity index (χ4n) is 4.86. The van der Waals surface area contributed by atoms with E-state index in [0.717, 1.165) is 53.4 Å². The monoisotopic (exact) mass is 399 g/mol. The van der Waals surface area contributed by atoms with Gasteiger partial charge in [0.05, 0.1) is 23.5 Å². The highest BCUT2D eigenvalue weighted by Gasteiger charge is 2.46. The molecule has 1 N–H and O–H groups in total. The van der Waals surface area contributed by atoms with Gasteiger partial charge in [0.2, 0.25) is 0 Å². The second-order valence-electron chi connectivity index (χ2n) is 9.04. The normalized spacial score (nSPS) is 24.6. The molecule has 6 nitrogen and oxygen atoms in total. The van der Waals surface area contributed by atoms with Crippen LogP contribution in [0.15, 0.2) is 53.9 Å². The number of hydrogen-bond acceptors (Lipinski definition) is 5. The van der Waals surface area contributed by atoms with E-state index in [4.69, 9.17) is 5.10 Å². The summed E-state index contributed by atoms with van der Waals surface area (Å²) in [5.74, 6) is -0.0684. The third-order valence-corrected chi connectivity index (χ3v) is 6.69. The van der Waals surface area contributed by atoms with E-state index in [1.807, 2.05) is 30.6 Å². The molecule has 6 rings (SSSR count). The van der Waals surface area contributed by atoms with Gasteiger partial charge in [0.25, 0.3) is 0 Å². The van der Waals surface area contributed by atoms with Crippen molar-refractivity contribution in [3.8, 4) is 0 Å². The van der Waals surface area contributed by atoms with Crippen molar-refractivity contribution in [3.05, 3.63) is 70.9 Å². The molecule has 3 heterocycles. The first-order chi connectivity index (χ1) is 14.5. The number of ketones is 1. The van der Waals surface area contributed by atoms with E-state index in [1.165, 1.54) is 18.5 Å². The number of fused-ring (bicyclic) bond motifs is 2. The van der Waals surface area contributed by atoms with Crippen LogP contribution in [0.5, 0.6) is 0 Å². The first-order valence-corrected chi connectivity index (χ1v) is 10.7. The smallest absolute Gasteiger partial charge is 0.167 e. The summed E-state index contributed by atoms with van der Waals surface area (Å²) in [6.45, 7) is 7.04. The highest BCUT2D eigenvalue weighted by molar-refractivity contribution is 6.05. The molecule has 1 atom stereocenters. The Morgan fingerprint density at radius 2 is 2.07 bits per heavy atom. The number of nitrogens with zero attached hydrogens (tertiary/aromatic N) is 4. The molecule has 0 aromatic carbocycles. The molecule has 152 valence electrons. The van der Waals surface area contributed by atoms with Crippen LogP contribution in [0.4, 0.5) is 0 Å². The van der Waals surface area contributed by atoms with E-state index in [1.54, 1.807) is 6.08 Å². The number of hydrogen-bond donors (Lipinski definition) is 1. The number of allylic oxidation sites excluding steroid dienone is 7. The molecule has 1 spiro atoms. The minimum Gasteiger partial charge on any atom is -0.369 e. The van der Waals surface area contributed by atoms with Crippen LogP contribution < -0.4 is 5.32 Å². The summed E-state index contributed by atoms with van der Waals surface area (Å²) in [7, 11) is 0. The Kier molecular flexibility index (Phi) is 3.72. The van der Waals surface area contributed by atoms with Gasteiger partial charge in [-0.1, -0.05) is 6.08 Å². The molecule has 1 aliphatic heterocycles. The van der Waals surface area contributed by atoms with Crippen LogP contribution in [0.2, 0.25) is 0 Å². The van der Waals surface area contributed by atoms with Crippen molar-refractivity contribution in [3.63, 3.8) is 0 Å². The molecule has 1 saturated heterocycles. The molecule has 0 radical (unpaired) electrons. The van der Waals surface area contributed by atoms with E-state index in [-0.39, 0.29) is 11.7 Å². The van der Waals surface area contributed by atoms with Gasteiger partial charge in [-0.15, -0.1) is 0 Å². The molecule has 3 aliphatic carbocycles. The Hall–Kier alpha value is -2.99. The van der Waals surface area contributed by atoms with Crippen molar-refractivity contribution < 1.29 is 4.79 Å². The number of carbonyl (C=O) groups is 1. The van der Waals surface area contributed by atoms with Crippen LogP contribution in [-0.4, -0.2) is 50.5 Å². The zero-order valence-corrected chi connectivity index (χ0v) is 17.4. The minimum atomic E-state index is -0.195. The molecule has 0 amide bonds. The highest BCUT2D eigenvalue weighted by atomic mass is 16.1. The summed E-state index contributed by atoms with van der Waals surface area (Å²) < 4.78 is 1.81. The van der Waals surface area contributed by atoms with Crippen molar-refractivity contribution in [1.82, 2.24) is 24.8 Å². The van der Waals surface area contributed by atoms with Gasteiger partial charge in [0.1, 0.15) is 0 Å². The Bertz CT molecular complexity index is 1210. The van der Waals surface area contributed by atoms with Gasteiger partial charge in [-0.2, -0.15) is 5.10 Å². The summed E-state index contributed by atoms with van der Waals surface area (Å²) in [4.78, 5) is 20.0. The Balaban J connectivity index is 1.30. The maximum atomic E-state index is 13.1. The SMILES string of the molecule is Cc1cn2nc(C3=CC(=O)C4C=C(N5CCNC6(CC6)C5)C=CC4=C3)cc(C)c2n1. The second-order valence-corrected chi connectivity index (χ2v) is 9.04. The summed E-state index contributed by atoms with van der Waals surface area (Å²) in [6, 6.07) is 2.02. The van der Waals surface area contributed by atoms with Crippen LogP contribution in [0.1, 0.15) is 29.8 Å². The number of piperazine rings is 1. The standard InChI is InChI=1S/C24H25N5O/c1-15-9-21(27-29-13-16(2)26-23(15)29)18-10-17-3-4-19(12-20(17)22(30)11-18)28-8-7-25-24(14-28)5-6-24/h3-4,9-13,20,25H,5-8,14H2,1-2H3. The van der Waals surface area contributed by atoms with Gasteiger partial charge in [-0.25, -0.2) is 9.50 Å². The third-order valence-electron chi connectivity index (χ3n) is 6.69. The van der Waals surface area contributed by atoms with Crippen molar-refractivity contribution in [2.75, 3.05) is 19.6 Å². The molecule has 4 aliphatic rings. The number of imidazole rings is 1. The van der Waals surface area contributed by atoms with Crippen molar-refractivity contribution >= 4 is 17.0 Å². The maximum absolute atomic E-state index is 13.1. The first-order valence-electron chi connectivity index (χ1n) is 10.7. The Morgan fingerprint density at radius 1 is 1.20 bits per heavy atom. The fourth-order valence-corrected chi connectivity index (χ4v) is 4.86. The lowest BCUT2D eigenvalue weighted by Gasteiger charge is -2.38.